The number of nitrogens with zero attached hydrogens (tertiary/aromatic N) is 1. The average molecular weight is 244 g/mol. The van der Waals surface area contributed by atoms with Gasteiger partial charge in [0.05, 0.1) is 18.2 Å². The third-order valence-electron chi connectivity index (χ3n) is 2.33. The van der Waals surface area contributed by atoms with Gasteiger partial charge in [-0.2, -0.15) is 0 Å². The van der Waals surface area contributed by atoms with Gasteiger partial charge in [0, 0.05) is 17.8 Å². The van der Waals surface area contributed by atoms with E-state index < -0.39 is 0 Å². The molecule has 0 saturated carbocycles. The molecule has 4 heteroatoms. The second-order valence-corrected chi connectivity index (χ2v) is 4.09. The lowest BCUT2D eigenvalue weighted by Crippen LogP contribution is -2.00. The van der Waals surface area contributed by atoms with Crippen LogP contribution >= 0.6 is 11.6 Å². The second-order valence-electron chi connectivity index (χ2n) is 3.68. The van der Waals surface area contributed by atoms with Gasteiger partial charge in [0.1, 0.15) is 0 Å². The van der Waals surface area contributed by atoms with E-state index in [1.54, 1.807) is 6.07 Å². The van der Waals surface area contributed by atoms with E-state index in [2.05, 4.69) is 11.9 Å². The van der Waals surface area contributed by atoms with Crippen molar-refractivity contribution in [1.29, 1.82) is 0 Å². The summed E-state index contributed by atoms with van der Waals surface area (Å²) in [6.45, 7) is 2.75. The molecule has 1 rings (SSSR count). The second kappa shape index (κ2) is 7.47. The first-order valence-electron chi connectivity index (χ1n) is 5.66. The van der Waals surface area contributed by atoms with Crippen LogP contribution < -0.4 is 4.74 Å². The zero-order chi connectivity index (χ0) is 11.8. The summed E-state index contributed by atoms with van der Waals surface area (Å²) in [6.07, 6.45) is 6.17. The minimum Gasteiger partial charge on any atom is -0.478 e. The molecule has 0 aliphatic rings. The standard InChI is InChI=1S/C12H18ClNO2/c1-2-3-4-5-6-16-12-7-10(9-15)11(13)8-14-12/h7-8,15H,2-6,9H2,1H3. The van der Waals surface area contributed by atoms with Crippen molar-refractivity contribution in [2.75, 3.05) is 6.61 Å². The summed E-state index contributed by atoms with van der Waals surface area (Å²) >= 11 is 5.82. The number of aromatic nitrogens is 1. The first kappa shape index (κ1) is 13.3. The van der Waals surface area contributed by atoms with Crippen LogP contribution in [0.15, 0.2) is 12.3 Å². The van der Waals surface area contributed by atoms with Crippen LogP contribution in [0.4, 0.5) is 0 Å². The highest BCUT2D eigenvalue weighted by atomic mass is 35.5. The van der Waals surface area contributed by atoms with E-state index in [9.17, 15) is 0 Å². The Morgan fingerprint density at radius 2 is 2.19 bits per heavy atom. The Morgan fingerprint density at radius 1 is 1.38 bits per heavy atom. The molecule has 1 aromatic heterocycles. The van der Waals surface area contributed by atoms with E-state index >= 15 is 0 Å². The van der Waals surface area contributed by atoms with Crippen LogP contribution in [0.3, 0.4) is 0 Å². The first-order valence-corrected chi connectivity index (χ1v) is 6.03. The molecule has 0 spiro atoms. The molecule has 0 unspecified atom stereocenters. The van der Waals surface area contributed by atoms with Crippen molar-refractivity contribution < 1.29 is 9.84 Å². The number of aliphatic hydroxyl groups is 1. The van der Waals surface area contributed by atoms with Gasteiger partial charge in [-0.25, -0.2) is 4.98 Å². The van der Waals surface area contributed by atoms with Crippen LogP contribution in [0.25, 0.3) is 0 Å². The number of hydrogen-bond acceptors (Lipinski definition) is 3. The van der Waals surface area contributed by atoms with Crippen LogP contribution in [0.1, 0.15) is 38.2 Å². The van der Waals surface area contributed by atoms with Crippen molar-refractivity contribution in [3.8, 4) is 5.88 Å². The largest absolute Gasteiger partial charge is 0.478 e. The summed E-state index contributed by atoms with van der Waals surface area (Å²) in [5.74, 6) is 0.532. The predicted molar refractivity (Wildman–Crippen MR) is 64.8 cm³/mol. The smallest absolute Gasteiger partial charge is 0.213 e. The molecule has 0 bridgehead atoms. The molecule has 3 nitrogen and oxygen atoms in total. The summed E-state index contributed by atoms with van der Waals surface area (Å²) in [7, 11) is 0. The molecular weight excluding hydrogens is 226 g/mol. The highest BCUT2D eigenvalue weighted by Gasteiger charge is 2.02. The van der Waals surface area contributed by atoms with Crippen LogP contribution in [-0.2, 0) is 6.61 Å². The third-order valence-corrected chi connectivity index (χ3v) is 2.67. The highest BCUT2D eigenvalue weighted by molar-refractivity contribution is 6.31. The SMILES string of the molecule is CCCCCCOc1cc(CO)c(Cl)cn1. The topological polar surface area (TPSA) is 42.4 Å². The lowest BCUT2D eigenvalue weighted by molar-refractivity contribution is 0.275. The maximum Gasteiger partial charge on any atom is 0.213 e. The number of rotatable bonds is 7. The third kappa shape index (κ3) is 4.37. The molecule has 0 fully saturated rings. The van der Waals surface area contributed by atoms with Gasteiger partial charge in [0.25, 0.3) is 0 Å². The number of pyridine rings is 1. The number of ether oxygens (including phenoxy) is 1. The van der Waals surface area contributed by atoms with Crippen LogP contribution in [0, 0.1) is 0 Å². The molecule has 1 N–H and O–H groups in total. The summed E-state index contributed by atoms with van der Waals surface area (Å²) in [5.41, 5.74) is 0.653. The van der Waals surface area contributed by atoms with Gasteiger partial charge < -0.3 is 9.84 Å². The van der Waals surface area contributed by atoms with Crippen molar-refractivity contribution in [3.05, 3.63) is 22.8 Å². The summed E-state index contributed by atoms with van der Waals surface area (Å²) in [5, 5.41) is 9.49. The van der Waals surface area contributed by atoms with Crippen molar-refractivity contribution >= 4 is 11.6 Å². The molecule has 1 aromatic rings. The average Bonchev–Trinajstić information content (AvgIpc) is 2.31. The minimum atomic E-state index is -0.0897. The zero-order valence-electron chi connectivity index (χ0n) is 9.58. The Labute approximate surface area is 101 Å². The van der Waals surface area contributed by atoms with Crippen LogP contribution in [0.2, 0.25) is 5.02 Å². The fourth-order valence-corrected chi connectivity index (χ4v) is 1.53. The molecule has 0 radical (unpaired) electrons. The number of unbranched alkanes of at least 4 members (excludes halogenated alkanes) is 3. The van der Waals surface area contributed by atoms with E-state index in [1.165, 1.54) is 25.5 Å². The fourth-order valence-electron chi connectivity index (χ4n) is 1.36. The van der Waals surface area contributed by atoms with E-state index in [0.29, 0.717) is 23.1 Å². The Kier molecular flexibility index (Phi) is 6.19. The molecule has 90 valence electrons. The van der Waals surface area contributed by atoms with Crippen molar-refractivity contribution in [1.82, 2.24) is 4.98 Å². The Hall–Kier alpha value is -0.800. The summed E-state index contributed by atoms with van der Waals surface area (Å²) in [4.78, 5) is 4.04. The summed E-state index contributed by atoms with van der Waals surface area (Å²) < 4.78 is 5.47. The van der Waals surface area contributed by atoms with Crippen LogP contribution in [0.5, 0.6) is 5.88 Å². The fraction of sp³-hybridized carbons (Fsp3) is 0.583. The Balaban J connectivity index is 2.36. The lowest BCUT2D eigenvalue weighted by atomic mass is 10.2. The number of aliphatic hydroxyl groups excluding tert-OH is 1. The molecule has 0 amide bonds. The van der Waals surface area contributed by atoms with Crippen LogP contribution in [-0.4, -0.2) is 16.7 Å². The van der Waals surface area contributed by atoms with Crippen molar-refractivity contribution in [2.45, 2.75) is 39.2 Å². The van der Waals surface area contributed by atoms with Gasteiger partial charge >= 0.3 is 0 Å². The number of hydrogen-bond donors (Lipinski definition) is 1. The van der Waals surface area contributed by atoms with Gasteiger partial charge in [-0.3, -0.25) is 0 Å². The maximum absolute atomic E-state index is 9.02. The highest BCUT2D eigenvalue weighted by Crippen LogP contribution is 2.19. The van der Waals surface area contributed by atoms with Gasteiger partial charge in [0.15, 0.2) is 0 Å². The van der Waals surface area contributed by atoms with E-state index in [4.69, 9.17) is 21.4 Å². The van der Waals surface area contributed by atoms with Gasteiger partial charge in [-0.15, -0.1) is 0 Å². The quantitative estimate of drug-likeness (QED) is 0.748. The van der Waals surface area contributed by atoms with Gasteiger partial charge in [0.2, 0.25) is 5.88 Å². The number of halogens is 1. The van der Waals surface area contributed by atoms with Gasteiger partial charge in [-0.05, 0) is 6.42 Å². The van der Waals surface area contributed by atoms with E-state index in [-0.39, 0.29) is 6.61 Å². The monoisotopic (exact) mass is 243 g/mol. The van der Waals surface area contributed by atoms with Crippen molar-refractivity contribution in [3.63, 3.8) is 0 Å². The molecule has 0 aliphatic heterocycles. The first-order chi connectivity index (χ1) is 7.77. The molecule has 0 aromatic carbocycles. The van der Waals surface area contributed by atoms with E-state index in [1.807, 2.05) is 0 Å². The van der Waals surface area contributed by atoms with Crippen molar-refractivity contribution in [2.24, 2.45) is 0 Å². The Morgan fingerprint density at radius 3 is 2.88 bits per heavy atom. The molecule has 0 atom stereocenters. The predicted octanol–water partition coefficient (Wildman–Crippen LogP) is 3.19. The normalized spacial score (nSPS) is 10.4. The molecule has 16 heavy (non-hydrogen) atoms. The summed E-state index contributed by atoms with van der Waals surface area (Å²) in [6, 6.07) is 1.68. The molecule has 0 aliphatic carbocycles. The van der Waals surface area contributed by atoms with E-state index in [0.717, 1.165) is 6.42 Å². The Bertz CT molecular complexity index is 318. The maximum atomic E-state index is 9.02. The molecular formula is C12H18ClNO2. The molecule has 0 saturated heterocycles. The molecule has 1 heterocycles. The zero-order valence-corrected chi connectivity index (χ0v) is 10.3. The van der Waals surface area contributed by atoms with Gasteiger partial charge in [-0.1, -0.05) is 37.8 Å². The lowest BCUT2D eigenvalue weighted by Gasteiger charge is -2.06. The minimum absolute atomic E-state index is 0.0897.